The van der Waals surface area contributed by atoms with Gasteiger partial charge < -0.3 is 9.64 Å². The number of aromatic nitrogens is 1. The first-order valence-corrected chi connectivity index (χ1v) is 6.26. The van der Waals surface area contributed by atoms with E-state index in [0.29, 0.717) is 19.4 Å². The van der Waals surface area contributed by atoms with Crippen LogP contribution in [0.4, 0.5) is 0 Å². The van der Waals surface area contributed by atoms with Crippen LogP contribution in [0.5, 0.6) is 0 Å². The van der Waals surface area contributed by atoms with E-state index in [0.717, 1.165) is 5.69 Å². The van der Waals surface area contributed by atoms with E-state index in [1.54, 1.807) is 25.1 Å². The van der Waals surface area contributed by atoms with E-state index in [-0.39, 0.29) is 17.8 Å². The lowest BCUT2D eigenvalue weighted by atomic mass is 10.1. The van der Waals surface area contributed by atoms with E-state index in [4.69, 9.17) is 0 Å². The number of carbonyl (C=O) groups is 2. The topological polar surface area (TPSA) is 59.5 Å². The Morgan fingerprint density at radius 3 is 2.74 bits per heavy atom. The number of amides is 1. The molecule has 1 aromatic rings. The number of nitrogens with zero attached hydrogens (tertiary/aromatic N) is 2. The van der Waals surface area contributed by atoms with Crippen molar-refractivity contribution in [1.29, 1.82) is 0 Å². The van der Waals surface area contributed by atoms with Crippen LogP contribution in [-0.2, 0) is 20.7 Å². The summed E-state index contributed by atoms with van der Waals surface area (Å²) in [7, 11) is 3.04. The summed E-state index contributed by atoms with van der Waals surface area (Å²) in [6.45, 7) is 2.11. The summed E-state index contributed by atoms with van der Waals surface area (Å²) in [5.41, 5.74) is 0.894. The second-order valence-corrected chi connectivity index (χ2v) is 4.52. The van der Waals surface area contributed by atoms with Gasteiger partial charge in [0.1, 0.15) is 0 Å². The van der Waals surface area contributed by atoms with Gasteiger partial charge in [0.2, 0.25) is 5.91 Å². The van der Waals surface area contributed by atoms with Crippen molar-refractivity contribution in [3.63, 3.8) is 0 Å². The van der Waals surface area contributed by atoms with Gasteiger partial charge in [-0.1, -0.05) is 13.0 Å². The fraction of sp³-hybridized carbons (Fsp3) is 0.500. The van der Waals surface area contributed by atoms with Crippen molar-refractivity contribution in [3.05, 3.63) is 30.1 Å². The Bertz CT molecular complexity index is 420. The molecule has 0 radical (unpaired) electrons. The van der Waals surface area contributed by atoms with Crippen molar-refractivity contribution >= 4 is 11.9 Å². The van der Waals surface area contributed by atoms with Gasteiger partial charge in [0, 0.05) is 31.9 Å². The molecule has 1 rings (SSSR count). The Labute approximate surface area is 113 Å². The van der Waals surface area contributed by atoms with Gasteiger partial charge in [0.25, 0.3) is 0 Å². The molecule has 5 nitrogen and oxygen atoms in total. The molecule has 1 heterocycles. The molecule has 0 fully saturated rings. The summed E-state index contributed by atoms with van der Waals surface area (Å²) in [4.78, 5) is 28.9. The van der Waals surface area contributed by atoms with Gasteiger partial charge in [-0.2, -0.15) is 0 Å². The number of methoxy groups -OCH3 is 1. The van der Waals surface area contributed by atoms with Crippen molar-refractivity contribution in [2.45, 2.75) is 19.8 Å². The Morgan fingerprint density at radius 1 is 1.42 bits per heavy atom. The number of carbonyl (C=O) groups excluding carboxylic acids is 2. The summed E-state index contributed by atoms with van der Waals surface area (Å²) >= 11 is 0. The predicted octanol–water partition coefficient (Wildman–Crippen LogP) is 1.28. The summed E-state index contributed by atoms with van der Waals surface area (Å²) in [6, 6.07) is 5.63. The van der Waals surface area contributed by atoms with Crippen molar-refractivity contribution in [1.82, 2.24) is 9.88 Å². The van der Waals surface area contributed by atoms with Crippen LogP contribution in [0.1, 0.15) is 19.0 Å². The second-order valence-electron chi connectivity index (χ2n) is 4.52. The van der Waals surface area contributed by atoms with E-state index < -0.39 is 0 Å². The smallest absolute Gasteiger partial charge is 0.310 e. The van der Waals surface area contributed by atoms with Crippen LogP contribution in [0.2, 0.25) is 0 Å². The lowest BCUT2D eigenvalue weighted by Gasteiger charge is -2.20. The molecular formula is C14H20N2O3. The molecule has 0 aliphatic carbocycles. The highest BCUT2D eigenvalue weighted by atomic mass is 16.5. The SMILES string of the molecule is COC(=O)C(C)CN(C)C(=O)CCc1ccccn1. The average molecular weight is 264 g/mol. The molecule has 1 atom stereocenters. The number of esters is 1. The van der Waals surface area contributed by atoms with E-state index in [2.05, 4.69) is 9.72 Å². The standard InChI is InChI=1S/C14H20N2O3/c1-11(14(18)19-3)10-16(2)13(17)8-7-12-6-4-5-9-15-12/h4-6,9,11H,7-8,10H2,1-3H3. The van der Waals surface area contributed by atoms with Crippen LogP contribution < -0.4 is 0 Å². The van der Waals surface area contributed by atoms with Gasteiger partial charge in [-0.25, -0.2) is 0 Å². The highest BCUT2D eigenvalue weighted by molar-refractivity contribution is 5.77. The first-order valence-electron chi connectivity index (χ1n) is 6.26. The minimum absolute atomic E-state index is 0.00130. The van der Waals surface area contributed by atoms with E-state index in [9.17, 15) is 9.59 Å². The van der Waals surface area contributed by atoms with Crippen molar-refractivity contribution in [2.75, 3.05) is 20.7 Å². The van der Waals surface area contributed by atoms with Crippen LogP contribution >= 0.6 is 0 Å². The lowest BCUT2D eigenvalue weighted by molar-refractivity contribution is -0.146. The van der Waals surface area contributed by atoms with Gasteiger partial charge in [0.15, 0.2) is 0 Å². The molecule has 0 aliphatic rings. The normalized spacial score (nSPS) is 11.7. The molecule has 1 amide bonds. The molecule has 0 bridgehead atoms. The summed E-state index contributed by atoms with van der Waals surface area (Å²) in [5, 5.41) is 0. The molecule has 0 aromatic carbocycles. The van der Waals surface area contributed by atoms with Gasteiger partial charge in [0.05, 0.1) is 13.0 Å². The Morgan fingerprint density at radius 2 is 2.16 bits per heavy atom. The van der Waals surface area contributed by atoms with Gasteiger partial charge >= 0.3 is 5.97 Å². The number of aryl methyl sites for hydroxylation is 1. The highest BCUT2D eigenvalue weighted by Gasteiger charge is 2.18. The zero-order valence-electron chi connectivity index (χ0n) is 11.6. The molecule has 0 N–H and O–H groups in total. The molecule has 1 aromatic heterocycles. The largest absolute Gasteiger partial charge is 0.469 e. The van der Waals surface area contributed by atoms with Crippen LogP contribution in [-0.4, -0.2) is 42.5 Å². The maximum atomic E-state index is 11.9. The molecule has 104 valence electrons. The molecule has 0 saturated heterocycles. The van der Waals surface area contributed by atoms with E-state index in [1.807, 2.05) is 18.2 Å². The summed E-state index contributed by atoms with van der Waals surface area (Å²) in [5.74, 6) is -0.611. The van der Waals surface area contributed by atoms with Crippen LogP contribution in [0.25, 0.3) is 0 Å². The van der Waals surface area contributed by atoms with Gasteiger partial charge in [-0.15, -0.1) is 0 Å². The summed E-state index contributed by atoms with van der Waals surface area (Å²) in [6.07, 6.45) is 2.71. The van der Waals surface area contributed by atoms with E-state index in [1.165, 1.54) is 7.11 Å². The maximum Gasteiger partial charge on any atom is 0.310 e. The molecule has 0 aliphatic heterocycles. The monoisotopic (exact) mass is 264 g/mol. The zero-order valence-corrected chi connectivity index (χ0v) is 11.6. The fourth-order valence-electron chi connectivity index (χ4n) is 1.76. The predicted molar refractivity (Wildman–Crippen MR) is 71.4 cm³/mol. The number of hydrogen-bond acceptors (Lipinski definition) is 4. The van der Waals surface area contributed by atoms with Crippen LogP contribution in [0, 0.1) is 5.92 Å². The minimum atomic E-state index is -0.311. The quantitative estimate of drug-likeness (QED) is 0.726. The molecule has 5 heteroatoms. The average Bonchev–Trinajstić information content (AvgIpc) is 2.44. The Hall–Kier alpha value is -1.91. The second kappa shape index (κ2) is 7.51. The van der Waals surface area contributed by atoms with Crippen molar-refractivity contribution in [2.24, 2.45) is 5.92 Å². The molecule has 0 spiro atoms. The Kier molecular flexibility index (Phi) is 5.99. The highest BCUT2D eigenvalue weighted by Crippen LogP contribution is 2.05. The third-order valence-corrected chi connectivity index (χ3v) is 2.90. The molecule has 1 unspecified atom stereocenters. The van der Waals surface area contributed by atoms with Gasteiger partial charge in [-0.3, -0.25) is 14.6 Å². The summed E-state index contributed by atoms with van der Waals surface area (Å²) < 4.78 is 4.64. The first kappa shape index (κ1) is 15.1. The lowest BCUT2D eigenvalue weighted by Crippen LogP contribution is -2.34. The molecular weight excluding hydrogens is 244 g/mol. The fourth-order valence-corrected chi connectivity index (χ4v) is 1.76. The third-order valence-electron chi connectivity index (χ3n) is 2.90. The minimum Gasteiger partial charge on any atom is -0.469 e. The van der Waals surface area contributed by atoms with Gasteiger partial charge in [-0.05, 0) is 18.6 Å². The number of ether oxygens (including phenoxy) is 1. The zero-order chi connectivity index (χ0) is 14.3. The Balaban J connectivity index is 2.39. The molecule has 19 heavy (non-hydrogen) atoms. The first-order chi connectivity index (χ1) is 9.04. The number of pyridine rings is 1. The molecule has 0 saturated carbocycles. The number of rotatable bonds is 6. The van der Waals surface area contributed by atoms with Crippen molar-refractivity contribution in [3.8, 4) is 0 Å². The van der Waals surface area contributed by atoms with Crippen molar-refractivity contribution < 1.29 is 14.3 Å². The van der Waals surface area contributed by atoms with Crippen LogP contribution in [0.3, 0.4) is 0 Å². The number of hydrogen-bond donors (Lipinski definition) is 0. The van der Waals surface area contributed by atoms with E-state index >= 15 is 0 Å². The maximum absolute atomic E-state index is 11.9. The third kappa shape index (κ3) is 5.07. The van der Waals surface area contributed by atoms with Crippen LogP contribution in [0.15, 0.2) is 24.4 Å².